The van der Waals surface area contributed by atoms with Gasteiger partial charge in [0.15, 0.2) is 0 Å². The molecule has 0 aliphatic heterocycles. The Morgan fingerprint density at radius 2 is 2.14 bits per heavy atom. The number of unbranched alkanes of at least 4 members (excludes halogenated alkanes) is 1. The van der Waals surface area contributed by atoms with Crippen molar-refractivity contribution in [1.82, 2.24) is 0 Å². The Labute approximate surface area is 83.9 Å². The van der Waals surface area contributed by atoms with Crippen molar-refractivity contribution in [3.8, 4) is 0 Å². The van der Waals surface area contributed by atoms with Gasteiger partial charge in [-0.25, -0.2) is 4.79 Å². The Morgan fingerprint density at radius 3 is 2.79 bits per heavy atom. The minimum Gasteiger partial charge on any atom is -0.462 e. The van der Waals surface area contributed by atoms with Gasteiger partial charge in [-0.15, -0.1) is 0 Å². The average Bonchev–Trinajstić information content (AvgIpc) is 2.18. The van der Waals surface area contributed by atoms with Crippen molar-refractivity contribution in [2.24, 2.45) is 0 Å². The molecule has 0 atom stereocenters. The molecule has 0 radical (unpaired) electrons. The predicted molar refractivity (Wildman–Crippen MR) is 56.0 cm³/mol. The zero-order chi connectivity index (χ0) is 10.4. The summed E-state index contributed by atoms with van der Waals surface area (Å²) >= 11 is 0. The summed E-state index contributed by atoms with van der Waals surface area (Å²) in [6.07, 6.45) is 1.90. The quantitative estimate of drug-likeness (QED) is 0.453. The molecule has 1 aromatic carbocycles. The van der Waals surface area contributed by atoms with Crippen molar-refractivity contribution < 1.29 is 9.53 Å². The number of rotatable bonds is 4. The summed E-state index contributed by atoms with van der Waals surface area (Å²) in [6.45, 7) is 2.51. The van der Waals surface area contributed by atoms with Crippen LogP contribution in [0.3, 0.4) is 0 Å². The zero-order valence-electron chi connectivity index (χ0n) is 8.32. The largest absolute Gasteiger partial charge is 0.462 e. The third-order valence-corrected chi connectivity index (χ3v) is 1.91. The summed E-state index contributed by atoms with van der Waals surface area (Å²) < 4.78 is 5.03. The van der Waals surface area contributed by atoms with Crippen LogP contribution in [0.4, 0.5) is 5.69 Å². The normalized spacial score (nSPS) is 9.79. The standard InChI is InChI=1S/C11H15NO2/c1-2-3-8-14-11(13)9-6-4-5-7-10(9)12/h4-7H,2-3,8,12H2,1H3. The monoisotopic (exact) mass is 193 g/mol. The third-order valence-electron chi connectivity index (χ3n) is 1.91. The maximum Gasteiger partial charge on any atom is 0.340 e. The molecule has 0 aliphatic rings. The zero-order valence-corrected chi connectivity index (χ0v) is 8.32. The van der Waals surface area contributed by atoms with Crippen molar-refractivity contribution in [2.75, 3.05) is 12.3 Å². The lowest BCUT2D eigenvalue weighted by atomic mass is 10.2. The molecule has 0 aliphatic carbocycles. The van der Waals surface area contributed by atoms with Crippen LogP contribution in [0.1, 0.15) is 30.1 Å². The molecule has 1 rings (SSSR count). The highest BCUT2D eigenvalue weighted by molar-refractivity contribution is 5.94. The first-order valence-electron chi connectivity index (χ1n) is 4.77. The number of ether oxygens (including phenoxy) is 1. The second-order valence-corrected chi connectivity index (χ2v) is 3.08. The molecule has 0 aromatic heterocycles. The van der Waals surface area contributed by atoms with Gasteiger partial charge in [0.1, 0.15) is 0 Å². The highest BCUT2D eigenvalue weighted by Crippen LogP contribution is 2.11. The fourth-order valence-electron chi connectivity index (χ4n) is 1.07. The molecule has 3 heteroatoms. The molecule has 0 unspecified atom stereocenters. The molecular formula is C11H15NO2. The minimum absolute atomic E-state index is 0.337. The van der Waals surface area contributed by atoms with E-state index in [1.54, 1.807) is 24.3 Å². The number of carbonyl (C=O) groups excluding carboxylic acids is 1. The summed E-state index contributed by atoms with van der Waals surface area (Å²) in [4.78, 5) is 11.4. The van der Waals surface area contributed by atoms with Crippen molar-refractivity contribution >= 4 is 11.7 Å². The minimum atomic E-state index is -0.337. The molecule has 3 nitrogen and oxygen atoms in total. The molecule has 0 fully saturated rings. The van der Waals surface area contributed by atoms with Crippen LogP contribution in [-0.2, 0) is 4.74 Å². The van der Waals surface area contributed by atoms with E-state index in [4.69, 9.17) is 10.5 Å². The van der Waals surface area contributed by atoms with Gasteiger partial charge in [0.2, 0.25) is 0 Å². The van der Waals surface area contributed by atoms with Gasteiger partial charge in [0.05, 0.1) is 12.2 Å². The molecule has 0 bridgehead atoms. The average molecular weight is 193 g/mol. The van der Waals surface area contributed by atoms with Crippen LogP contribution >= 0.6 is 0 Å². The summed E-state index contributed by atoms with van der Waals surface area (Å²) in [5.74, 6) is -0.337. The van der Waals surface area contributed by atoms with Crippen LogP contribution in [0.25, 0.3) is 0 Å². The summed E-state index contributed by atoms with van der Waals surface area (Å²) in [7, 11) is 0. The Kier molecular flexibility index (Phi) is 3.98. The first-order valence-corrected chi connectivity index (χ1v) is 4.77. The Hall–Kier alpha value is -1.51. The number of hydrogen-bond donors (Lipinski definition) is 1. The Balaban J connectivity index is 2.56. The van der Waals surface area contributed by atoms with Gasteiger partial charge < -0.3 is 10.5 Å². The number of para-hydroxylation sites is 1. The first kappa shape index (κ1) is 10.6. The van der Waals surface area contributed by atoms with E-state index in [0.29, 0.717) is 17.9 Å². The maximum absolute atomic E-state index is 11.4. The molecule has 2 N–H and O–H groups in total. The summed E-state index contributed by atoms with van der Waals surface area (Å²) in [6, 6.07) is 6.92. The summed E-state index contributed by atoms with van der Waals surface area (Å²) in [5, 5.41) is 0. The van der Waals surface area contributed by atoms with E-state index in [1.807, 2.05) is 6.92 Å². The van der Waals surface area contributed by atoms with Gasteiger partial charge >= 0.3 is 5.97 Å². The van der Waals surface area contributed by atoms with E-state index in [1.165, 1.54) is 0 Å². The van der Waals surface area contributed by atoms with E-state index in [0.717, 1.165) is 12.8 Å². The fraction of sp³-hybridized carbons (Fsp3) is 0.364. The van der Waals surface area contributed by atoms with Gasteiger partial charge in [-0.3, -0.25) is 0 Å². The molecular weight excluding hydrogens is 178 g/mol. The van der Waals surface area contributed by atoms with Crippen LogP contribution in [0.5, 0.6) is 0 Å². The molecule has 0 spiro atoms. The topological polar surface area (TPSA) is 52.3 Å². The van der Waals surface area contributed by atoms with Crippen LogP contribution < -0.4 is 5.73 Å². The molecule has 0 saturated heterocycles. The van der Waals surface area contributed by atoms with Crippen LogP contribution in [0, 0.1) is 0 Å². The van der Waals surface area contributed by atoms with Crippen LogP contribution in [-0.4, -0.2) is 12.6 Å². The Bertz CT molecular complexity index is 310. The number of esters is 1. The fourth-order valence-corrected chi connectivity index (χ4v) is 1.07. The lowest BCUT2D eigenvalue weighted by molar-refractivity contribution is 0.0501. The van der Waals surface area contributed by atoms with Gasteiger partial charge in [-0.1, -0.05) is 25.5 Å². The van der Waals surface area contributed by atoms with Crippen LogP contribution in [0.2, 0.25) is 0 Å². The predicted octanol–water partition coefficient (Wildman–Crippen LogP) is 2.23. The lowest BCUT2D eigenvalue weighted by Gasteiger charge is -2.05. The van der Waals surface area contributed by atoms with Gasteiger partial charge in [-0.2, -0.15) is 0 Å². The maximum atomic E-state index is 11.4. The number of benzene rings is 1. The van der Waals surface area contributed by atoms with Crippen molar-refractivity contribution in [3.05, 3.63) is 29.8 Å². The molecule has 76 valence electrons. The number of nitrogen functional groups attached to an aromatic ring is 1. The van der Waals surface area contributed by atoms with E-state index in [2.05, 4.69) is 0 Å². The second-order valence-electron chi connectivity index (χ2n) is 3.08. The van der Waals surface area contributed by atoms with Crippen molar-refractivity contribution in [1.29, 1.82) is 0 Å². The van der Waals surface area contributed by atoms with E-state index in [9.17, 15) is 4.79 Å². The second kappa shape index (κ2) is 5.27. The number of hydrogen-bond acceptors (Lipinski definition) is 3. The van der Waals surface area contributed by atoms with Crippen LogP contribution in [0.15, 0.2) is 24.3 Å². The van der Waals surface area contributed by atoms with Crippen molar-refractivity contribution in [2.45, 2.75) is 19.8 Å². The molecule has 0 heterocycles. The summed E-state index contributed by atoms with van der Waals surface area (Å²) in [5.41, 5.74) is 6.54. The third kappa shape index (κ3) is 2.76. The number of carbonyl (C=O) groups is 1. The number of nitrogens with two attached hydrogens (primary N) is 1. The molecule has 1 aromatic rings. The SMILES string of the molecule is CCCCOC(=O)c1ccccc1N. The first-order chi connectivity index (χ1) is 6.75. The Morgan fingerprint density at radius 1 is 1.43 bits per heavy atom. The van der Waals surface area contributed by atoms with Gasteiger partial charge in [0.25, 0.3) is 0 Å². The van der Waals surface area contributed by atoms with E-state index < -0.39 is 0 Å². The van der Waals surface area contributed by atoms with Gasteiger partial charge in [-0.05, 0) is 18.6 Å². The lowest BCUT2D eigenvalue weighted by Crippen LogP contribution is -2.08. The highest BCUT2D eigenvalue weighted by Gasteiger charge is 2.09. The molecule has 14 heavy (non-hydrogen) atoms. The molecule has 0 amide bonds. The number of anilines is 1. The van der Waals surface area contributed by atoms with E-state index in [-0.39, 0.29) is 5.97 Å². The highest BCUT2D eigenvalue weighted by atomic mass is 16.5. The molecule has 0 saturated carbocycles. The van der Waals surface area contributed by atoms with Crippen molar-refractivity contribution in [3.63, 3.8) is 0 Å². The van der Waals surface area contributed by atoms with E-state index >= 15 is 0 Å². The smallest absolute Gasteiger partial charge is 0.340 e. The van der Waals surface area contributed by atoms with Gasteiger partial charge in [0, 0.05) is 5.69 Å².